The van der Waals surface area contributed by atoms with Crippen LogP contribution in [0.2, 0.25) is 5.02 Å². The number of nitrogens with one attached hydrogen (secondary N) is 1. The van der Waals surface area contributed by atoms with Crippen molar-refractivity contribution in [1.82, 2.24) is 5.32 Å². The Morgan fingerprint density at radius 3 is 2.70 bits per heavy atom. The molecule has 0 amide bonds. The Kier molecular flexibility index (Phi) is 5.77. The van der Waals surface area contributed by atoms with Crippen LogP contribution in [0.4, 0.5) is 0 Å². The van der Waals surface area contributed by atoms with E-state index in [-0.39, 0.29) is 0 Å². The molecular formula is C16H18ClNOS. The van der Waals surface area contributed by atoms with Gasteiger partial charge in [0.2, 0.25) is 0 Å². The van der Waals surface area contributed by atoms with Crippen molar-refractivity contribution in [3.8, 4) is 5.75 Å². The zero-order chi connectivity index (χ0) is 14.4. The number of likely N-dealkylation sites (N-methyl/N-ethyl adjacent to an activating group) is 1. The van der Waals surface area contributed by atoms with E-state index >= 15 is 0 Å². The van der Waals surface area contributed by atoms with E-state index in [0.717, 1.165) is 22.8 Å². The molecule has 2 rings (SSSR count). The first-order valence-electron chi connectivity index (χ1n) is 6.51. The average molecular weight is 308 g/mol. The molecule has 2 nitrogen and oxygen atoms in total. The normalized spacial score (nSPS) is 12.3. The summed E-state index contributed by atoms with van der Waals surface area (Å²) in [6, 6.07) is 15.7. The Bertz CT molecular complexity index is 562. The number of halogens is 1. The summed E-state index contributed by atoms with van der Waals surface area (Å²) < 4.78 is 0. The predicted molar refractivity (Wildman–Crippen MR) is 86.8 cm³/mol. The SMILES string of the molecule is CNC(CSc1cccc(Cl)c1)Cc1cccc(O)c1. The van der Waals surface area contributed by atoms with Gasteiger partial charge in [0.1, 0.15) is 5.75 Å². The molecule has 0 bridgehead atoms. The zero-order valence-electron chi connectivity index (χ0n) is 11.3. The summed E-state index contributed by atoms with van der Waals surface area (Å²) in [5.41, 5.74) is 1.14. The minimum absolute atomic E-state index is 0.319. The van der Waals surface area contributed by atoms with Crippen molar-refractivity contribution in [3.63, 3.8) is 0 Å². The maximum atomic E-state index is 9.50. The number of rotatable bonds is 6. The molecule has 0 aromatic heterocycles. The molecule has 0 aliphatic heterocycles. The molecule has 0 saturated carbocycles. The molecule has 4 heteroatoms. The third-order valence-corrected chi connectivity index (χ3v) is 4.44. The molecule has 0 fully saturated rings. The minimum Gasteiger partial charge on any atom is -0.508 e. The lowest BCUT2D eigenvalue weighted by molar-refractivity contribution is 0.474. The van der Waals surface area contributed by atoms with Crippen LogP contribution in [0.25, 0.3) is 0 Å². The minimum atomic E-state index is 0.319. The van der Waals surface area contributed by atoms with Crippen molar-refractivity contribution >= 4 is 23.4 Å². The molecule has 2 aromatic carbocycles. The van der Waals surface area contributed by atoms with Gasteiger partial charge in [-0.25, -0.2) is 0 Å². The predicted octanol–water partition coefficient (Wildman–Crippen LogP) is 3.97. The van der Waals surface area contributed by atoms with Crippen LogP contribution in [-0.4, -0.2) is 23.9 Å². The van der Waals surface area contributed by atoms with Crippen LogP contribution in [-0.2, 0) is 6.42 Å². The standard InChI is InChI=1S/C16H18ClNOS/c1-18-14(8-12-4-2-6-15(19)9-12)11-20-16-7-3-5-13(17)10-16/h2-7,9-10,14,18-19H,8,11H2,1H3. The number of hydrogen-bond donors (Lipinski definition) is 2. The molecular weight excluding hydrogens is 290 g/mol. The number of thioether (sulfide) groups is 1. The molecule has 1 atom stereocenters. The van der Waals surface area contributed by atoms with E-state index in [0.29, 0.717) is 11.8 Å². The summed E-state index contributed by atoms with van der Waals surface area (Å²) in [4.78, 5) is 1.17. The van der Waals surface area contributed by atoms with E-state index in [2.05, 4.69) is 11.4 Å². The summed E-state index contributed by atoms with van der Waals surface area (Å²) in [6.45, 7) is 0. The van der Waals surface area contributed by atoms with Gasteiger partial charge in [-0.05, 0) is 49.4 Å². The van der Waals surface area contributed by atoms with Gasteiger partial charge in [0.25, 0.3) is 0 Å². The van der Waals surface area contributed by atoms with Gasteiger partial charge in [0, 0.05) is 21.7 Å². The molecule has 20 heavy (non-hydrogen) atoms. The van der Waals surface area contributed by atoms with E-state index < -0.39 is 0 Å². The molecule has 0 heterocycles. The van der Waals surface area contributed by atoms with Gasteiger partial charge >= 0.3 is 0 Å². The van der Waals surface area contributed by atoms with Gasteiger partial charge in [-0.15, -0.1) is 11.8 Å². The third-order valence-electron chi connectivity index (χ3n) is 3.05. The number of aromatic hydroxyl groups is 1. The fraction of sp³-hybridized carbons (Fsp3) is 0.250. The smallest absolute Gasteiger partial charge is 0.115 e. The maximum absolute atomic E-state index is 9.50. The number of benzene rings is 2. The summed E-state index contributed by atoms with van der Waals surface area (Å²) in [6.07, 6.45) is 0.887. The van der Waals surface area contributed by atoms with Crippen LogP contribution in [0.1, 0.15) is 5.56 Å². The third kappa shape index (κ3) is 4.75. The monoisotopic (exact) mass is 307 g/mol. The first-order valence-corrected chi connectivity index (χ1v) is 7.87. The van der Waals surface area contributed by atoms with Crippen molar-refractivity contribution < 1.29 is 5.11 Å². The zero-order valence-corrected chi connectivity index (χ0v) is 12.9. The molecule has 0 spiro atoms. The molecule has 0 aliphatic rings. The van der Waals surface area contributed by atoms with Crippen molar-refractivity contribution in [1.29, 1.82) is 0 Å². The van der Waals surface area contributed by atoms with Crippen molar-refractivity contribution in [2.75, 3.05) is 12.8 Å². The highest BCUT2D eigenvalue weighted by atomic mass is 35.5. The summed E-state index contributed by atoms with van der Waals surface area (Å²) >= 11 is 7.77. The summed E-state index contributed by atoms with van der Waals surface area (Å²) in [5.74, 6) is 1.27. The molecule has 0 radical (unpaired) electrons. The number of hydrogen-bond acceptors (Lipinski definition) is 3. The van der Waals surface area contributed by atoms with E-state index in [1.54, 1.807) is 17.8 Å². The quantitative estimate of drug-likeness (QED) is 0.792. The second kappa shape index (κ2) is 7.58. The Morgan fingerprint density at radius 2 is 2.00 bits per heavy atom. The van der Waals surface area contributed by atoms with Gasteiger partial charge in [-0.3, -0.25) is 0 Å². The van der Waals surface area contributed by atoms with Crippen LogP contribution < -0.4 is 5.32 Å². The number of phenols is 1. The molecule has 2 N–H and O–H groups in total. The highest BCUT2D eigenvalue weighted by Crippen LogP contribution is 2.23. The van der Waals surface area contributed by atoms with Crippen LogP contribution in [0.3, 0.4) is 0 Å². The van der Waals surface area contributed by atoms with E-state index in [1.165, 1.54) is 4.90 Å². The van der Waals surface area contributed by atoms with Crippen LogP contribution in [0.15, 0.2) is 53.4 Å². The fourth-order valence-electron chi connectivity index (χ4n) is 1.97. The Balaban J connectivity index is 1.92. The van der Waals surface area contributed by atoms with Crippen LogP contribution in [0.5, 0.6) is 5.75 Å². The Labute approximate surface area is 129 Å². The molecule has 0 aliphatic carbocycles. The topological polar surface area (TPSA) is 32.3 Å². The summed E-state index contributed by atoms with van der Waals surface area (Å²) in [7, 11) is 1.96. The van der Waals surface area contributed by atoms with Crippen molar-refractivity contribution in [3.05, 3.63) is 59.1 Å². The van der Waals surface area contributed by atoms with Crippen LogP contribution >= 0.6 is 23.4 Å². The molecule has 2 aromatic rings. The largest absolute Gasteiger partial charge is 0.508 e. The van der Waals surface area contributed by atoms with Gasteiger partial charge < -0.3 is 10.4 Å². The first-order chi connectivity index (χ1) is 9.67. The van der Waals surface area contributed by atoms with Crippen molar-refractivity contribution in [2.24, 2.45) is 0 Å². The molecule has 106 valence electrons. The lowest BCUT2D eigenvalue weighted by Gasteiger charge is -2.16. The van der Waals surface area contributed by atoms with Crippen LogP contribution in [0, 0.1) is 0 Å². The lowest BCUT2D eigenvalue weighted by Crippen LogP contribution is -2.30. The highest BCUT2D eigenvalue weighted by molar-refractivity contribution is 7.99. The van der Waals surface area contributed by atoms with Gasteiger partial charge in [-0.2, -0.15) is 0 Å². The van der Waals surface area contributed by atoms with Gasteiger partial charge in [0.05, 0.1) is 0 Å². The average Bonchev–Trinajstić information content (AvgIpc) is 2.43. The lowest BCUT2D eigenvalue weighted by atomic mass is 10.1. The van der Waals surface area contributed by atoms with E-state index in [9.17, 15) is 5.11 Å². The first kappa shape index (κ1) is 15.2. The molecule has 1 unspecified atom stereocenters. The second-order valence-electron chi connectivity index (χ2n) is 4.63. The second-order valence-corrected chi connectivity index (χ2v) is 6.16. The van der Waals surface area contributed by atoms with E-state index in [4.69, 9.17) is 11.6 Å². The fourth-order valence-corrected chi connectivity index (χ4v) is 3.28. The van der Waals surface area contributed by atoms with Crippen molar-refractivity contribution in [2.45, 2.75) is 17.4 Å². The maximum Gasteiger partial charge on any atom is 0.115 e. The van der Waals surface area contributed by atoms with Gasteiger partial charge in [-0.1, -0.05) is 29.8 Å². The van der Waals surface area contributed by atoms with Gasteiger partial charge in [0.15, 0.2) is 0 Å². The number of phenolic OH excluding ortho intramolecular Hbond substituents is 1. The summed E-state index contributed by atoms with van der Waals surface area (Å²) in [5, 5.41) is 13.6. The molecule has 0 saturated heterocycles. The Hall–Kier alpha value is -1.16. The highest BCUT2D eigenvalue weighted by Gasteiger charge is 2.08. The van der Waals surface area contributed by atoms with E-state index in [1.807, 2.05) is 43.4 Å². The Morgan fingerprint density at radius 1 is 1.20 bits per heavy atom.